The van der Waals surface area contributed by atoms with Crippen LogP contribution in [0.25, 0.3) is 0 Å². The lowest BCUT2D eigenvalue weighted by Crippen LogP contribution is -2.34. The summed E-state index contributed by atoms with van der Waals surface area (Å²) in [6.45, 7) is 1.80. The highest BCUT2D eigenvalue weighted by molar-refractivity contribution is 7.14. The van der Waals surface area contributed by atoms with Crippen LogP contribution in [0.4, 0.5) is 0 Å². The Bertz CT molecular complexity index is 727. The van der Waals surface area contributed by atoms with E-state index in [2.05, 4.69) is 10.6 Å². The molecule has 0 bridgehead atoms. The molecule has 2 N–H and O–H groups in total. The molecule has 0 aliphatic heterocycles. The first-order valence-corrected chi connectivity index (χ1v) is 8.09. The van der Waals surface area contributed by atoms with Crippen LogP contribution in [0.2, 0.25) is 0 Å². The van der Waals surface area contributed by atoms with Crippen molar-refractivity contribution in [3.8, 4) is 0 Å². The van der Waals surface area contributed by atoms with Crippen molar-refractivity contribution in [3.05, 3.63) is 57.8 Å². The van der Waals surface area contributed by atoms with Gasteiger partial charge in [0, 0.05) is 11.8 Å². The third kappa shape index (κ3) is 4.66. The SMILES string of the molecule is COC(=O)C(NC(=O)c1ccc(CNC(C)=O)s1)c1ccccc1. The molecule has 1 heterocycles. The number of thiophene rings is 1. The third-order valence-electron chi connectivity index (χ3n) is 3.24. The largest absolute Gasteiger partial charge is 0.467 e. The number of carbonyl (C=O) groups excluding carboxylic acids is 3. The van der Waals surface area contributed by atoms with Gasteiger partial charge in [0.05, 0.1) is 18.5 Å². The van der Waals surface area contributed by atoms with Crippen molar-refractivity contribution in [2.24, 2.45) is 0 Å². The summed E-state index contributed by atoms with van der Waals surface area (Å²) in [7, 11) is 1.28. The number of carbonyl (C=O) groups is 3. The van der Waals surface area contributed by atoms with E-state index in [-0.39, 0.29) is 11.8 Å². The highest BCUT2D eigenvalue weighted by atomic mass is 32.1. The number of ether oxygens (including phenoxy) is 1. The Morgan fingerprint density at radius 1 is 1.12 bits per heavy atom. The fraction of sp³-hybridized carbons (Fsp3) is 0.235. The topological polar surface area (TPSA) is 84.5 Å². The fourth-order valence-corrected chi connectivity index (χ4v) is 2.90. The van der Waals surface area contributed by atoms with Crippen LogP contribution in [0, 0.1) is 0 Å². The van der Waals surface area contributed by atoms with E-state index in [0.717, 1.165) is 4.88 Å². The van der Waals surface area contributed by atoms with Gasteiger partial charge in [0.15, 0.2) is 6.04 Å². The van der Waals surface area contributed by atoms with Gasteiger partial charge in [-0.15, -0.1) is 11.3 Å². The van der Waals surface area contributed by atoms with E-state index in [0.29, 0.717) is 17.0 Å². The fourth-order valence-electron chi connectivity index (χ4n) is 2.05. The summed E-state index contributed by atoms with van der Waals surface area (Å²) in [6, 6.07) is 11.5. The lowest BCUT2D eigenvalue weighted by atomic mass is 10.1. The van der Waals surface area contributed by atoms with E-state index >= 15 is 0 Å². The van der Waals surface area contributed by atoms with E-state index in [1.807, 2.05) is 6.07 Å². The highest BCUT2D eigenvalue weighted by Gasteiger charge is 2.24. The Kier molecular flexibility index (Phi) is 6.08. The molecule has 0 aliphatic carbocycles. The zero-order valence-electron chi connectivity index (χ0n) is 13.4. The number of methoxy groups -OCH3 is 1. The third-order valence-corrected chi connectivity index (χ3v) is 4.33. The molecule has 24 heavy (non-hydrogen) atoms. The van der Waals surface area contributed by atoms with Gasteiger partial charge in [0.2, 0.25) is 5.91 Å². The molecule has 0 fully saturated rings. The van der Waals surface area contributed by atoms with Crippen LogP contribution in [0.1, 0.15) is 33.1 Å². The van der Waals surface area contributed by atoms with Crippen molar-refractivity contribution in [2.45, 2.75) is 19.5 Å². The molecule has 126 valence electrons. The van der Waals surface area contributed by atoms with Crippen molar-refractivity contribution in [2.75, 3.05) is 7.11 Å². The van der Waals surface area contributed by atoms with Crippen LogP contribution in [0.3, 0.4) is 0 Å². The quantitative estimate of drug-likeness (QED) is 0.784. The molecule has 1 atom stereocenters. The zero-order valence-corrected chi connectivity index (χ0v) is 14.2. The van der Waals surface area contributed by atoms with E-state index < -0.39 is 12.0 Å². The molecule has 0 radical (unpaired) electrons. The van der Waals surface area contributed by atoms with Crippen molar-refractivity contribution >= 4 is 29.1 Å². The van der Waals surface area contributed by atoms with Crippen LogP contribution in [-0.2, 0) is 20.9 Å². The summed E-state index contributed by atoms with van der Waals surface area (Å²) < 4.78 is 4.78. The van der Waals surface area contributed by atoms with Gasteiger partial charge >= 0.3 is 5.97 Å². The number of nitrogens with one attached hydrogen (secondary N) is 2. The first-order chi connectivity index (χ1) is 11.5. The zero-order chi connectivity index (χ0) is 17.5. The molecule has 2 amide bonds. The summed E-state index contributed by atoms with van der Waals surface area (Å²) in [6.07, 6.45) is 0. The molecular weight excluding hydrogens is 328 g/mol. The molecule has 0 saturated carbocycles. The minimum absolute atomic E-state index is 0.135. The molecule has 2 aromatic rings. The minimum Gasteiger partial charge on any atom is -0.467 e. The molecule has 2 rings (SSSR count). The molecule has 0 spiro atoms. The number of hydrogen-bond donors (Lipinski definition) is 2. The van der Waals surface area contributed by atoms with Gasteiger partial charge in [-0.25, -0.2) is 4.79 Å². The Morgan fingerprint density at radius 2 is 1.83 bits per heavy atom. The van der Waals surface area contributed by atoms with Crippen molar-refractivity contribution in [3.63, 3.8) is 0 Å². The molecule has 6 nitrogen and oxygen atoms in total. The van der Waals surface area contributed by atoms with Crippen LogP contribution >= 0.6 is 11.3 Å². The van der Waals surface area contributed by atoms with Gasteiger partial charge in [-0.3, -0.25) is 9.59 Å². The van der Waals surface area contributed by atoms with Gasteiger partial charge in [-0.1, -0.05) is 30.3 Å². The lowest BCUT2D eigenvalue weighted by molar-refractivity contribution is -0.143. The first-order valence-electron chi connectivity index (χ1n) is 7.28. The monoisotopic (exact) mass is 346 g/mol. The summed E-state index contributed by atoms with van der Waals surface area (Å²) in [5.41, 5.74) is 0.646. The number of amides is 2. The lowest BCUT2D eigenvalue weighted by Gasteiger charge is -2.16. The normalized spacial score (nSPS) is 11.4. The van der Waals surface area contributed by atoms with Gasteiger partial charge in [-0.2, -0.15) is 0 Å². The van der Waals surface area contributed by atoms with Crippen molar-refractivity contribution < 1.29 is 19.1 Å². The van der Waals surface area contributed by atoms with Crippen LogP contribution in [0.15, 0.2) is 42.5 Å². The predicted molar refractivity (Wildman–Crippen MR) is 90.5 cm³/mol. The van der Waals surface area contributed by atoms with Gasteiger partial charge in [0.25, 0.3) is 5.91 Å². The second kappa shape index (κ2) is 8.26. The average molecular weight is 346 g/mol. The molecule has 7 heteroatoms. The summed E-state index contributed by atoms with van der Waals surface area (Å²) in [5, 5.41) is 5.36. The van der Waals surface area contributed by atoms with Crippen LogP contribution < -0.4 is 10.6 Å². The smallest absolute Gasteiger partial charge is 0.333 e. The van der Waals surface area contributed by atoms with E-state index in [1.165, 1.54) is 25.4 Å². The number of benzene rings is 1. The summed E-state index contributed by atoms with van der Waals surface area (Å²) in [4.78, 5) is 36.6. The van der Waals surface area contributed by atoms with Gasteiger partial charge in [0.1, 0.15) is 0 Å². The maximum absolute atomic E-state index is 12.4. The molecule has 0 saturated heterocycles. The van der Waals surface area contributed by atoms with Crippen molar-refractivity contribution in [1.29, 1.82) is 0 Å². The molecule has 1 aromatic heterocycles. The van der Waals surface area contributed by atoms with E-state index in [1.54, 1.807) is 36.4 Å². The Hall–Kier alpha value is -2.67. The predicted octanol–water partition coefficient (Wildman–Crippen LogP) is 2.03. The summed E-state index contributed by atoms with van der Waals surface area (Å²) >= 11 is 1.26. The Morgan fingerprint density at radius 3 is 2.46 bits per heavy atom. The van der Waals surface area contributed by atoms with Gasteiger partial charge < -0.3 is 15.4 Å². The van der Waals surface area contributed by atoms with Gasteiger partial charge in [-0.05, 0) is 17.7 Å². The molecule has 0 aliphatic rings. The summed E-state index contributed by atoms with van der Waals surface area (Å²) in [5.74, 6) is -1.04. The van der Waals surface area contributed by atoms with Crippen LogP contribution in [0.5, 0.6) is 0 Å². The Labute approximate surface area is 143 Å². The standard InChI is InChI=1S/C17H18N2O4S/c1-11(20)18-10-13-8-9-14(24-13)16(21)19-15(17(22)23-2)12-6-4-3-5-7-12/h3-9,15H,10H2,1-2H3,(H,18,20)(H,19,21). The highest BCUT2D eigenvalue weighted by Crippen LogP contribution is 2.19. The average Bonchev–Trinajstić information content (AvgIpc) is 3.07. The molecule has 1 unspecified atom stereocenters. The number of hydrogen-bond acceptors (Lipinski definition) is 5. The van der Waals surface area contributed by atoms with Crippen LogP contribution in [-0.4, -0.2) is 24.9 Å². The number of rotatable bonds is 6. The Balaban J connectivity index is 2.10. The van der Waals surface area contributed by atoms with Crippen molar-refractivity contribution in [1.82, 2.24) is 10.6 Å². The second-order valence-electron chi connectivity index (χ2n) is 5.02. The number of esters is 1. The minimum atomic E-state index is -0.871. The first kappa shape index (κ1) is 17.7. The second-order valence-corrected chi connectivity index (χ2v) is 6.18. The molecular formula is C17H18N2O4S. The molecule has 1 aromatic carbocycles. The maximum atomic E-state index is 12.4. The van der Waals surface area contributed by atoms with E-state index in [9.17, 15) is 14.4 Å². The van der Waals surface area contributed by atoms with E-state index in [4.69, 9.17) is 4.74 Å². The maximum Gasteiger partial charge on any atom is 0.333 e.